The maximum Gasteiger partial charge on any atom is 0.0328 e. The van der Waals surface area contributed by atoms with Crippen LogP contribution in [0.15, 0.2) is 0 Å². The van der Waals surface area contributed by atoms with Crippen LogP contribution >= 0.6 is 0 Å². The fraction of sp³-hybridized carbons (Fsp3) is 1.00. The van der Waals surface area contributed by atoms with Gasteiger partial charge in [0.05, 0.1) is 0 Å². The molecule has 0 aromatic heterocycles. The first-order valence-electron chi connectivity index (χ1n) is 8.26. The average molecular weight is 267 g/mol. The largest absolute Gasteiger partial charge is 0.329 e. The van der Waals surface area contributed by atoms with Crippen LogP contribution in [-0.2, 0) is 0 Å². The summed E-state index contributed by atoms with van der Waals surface area (Å²) in [4.78, 5) is 5.09. The number of nitrogens with zero attached hydrogens (tertiary/aromatic N) is 2. The Balaban J connectivity index is 1.93. The Morgan fingerprint density at radius 2 is 1.79 bits per heavy atom. The molecule has 1 unspecified atom stereocenters. The van der Waals surface area contributed by atoms with E-state index in [2.05, 4.69) is 23.9 Å². The van der Waals surface area contributed by atoms with E-state index in [1.165, 1.54) is 71.0 Å². The zero-order valence-electron chi connectivity index (χ0n) is 13.0. The van der Waals surface area contributed by atoms with Crippen molar-refractivity contribution in [3.8, 4) is 0 Å². The van der Waals surface area contributed by atoms with Crippen molar-refractivity contribution in [3.05, 3.63) is 0 Å². The normalized spacial score (nSPS) is 29.4. The quantitative estimate of drug-likeness (QED) is 0.848. The molecule has 1 heterocycles. The smallest absolute Gasteiger partial charge is 0.0328 e. The first-order chi connectivity index (χ1) is 9.16. The molecular weight excluding hydrogens is 234 g/mol. The lowest BCUT2D eigenvalue weighted by molar-refractivity contribution is 0.0786. The highest BCUT2D eigenvalue weighted by molar-refractivity contribution is 4.92. The van der Waals surface area contributed by atoms with Gasteiger partial charge in [0.1, 0.15) is 0 Å². The van der Waals surface area contributed by atoms with Gasteiger partial charge in [-0.05, 0) is 45.8 Å². The Bertz CT molecular complexity index is 259. The van der Waals surface area contributed by atoms with E-state index in [0.29, 0.717) is 5.54 Å². The maximum atomic E-state index is 6.21. The minimum absolute atomic E-state index is 0.293. The number of nitrogens with two attached hydrogens (primary N) is 1. The standard InChI is InChI=1S/C16H33N3/c1-18-11-8-15(12-18)13-19(2)16(14-17)9-6-4-3-5-7-10-16/h15H,3-14,17H2,1-2H3. The summed E-state index contributed by atoms with van der Waals surface area (Å²) in [5.74, 6) is 0.851. The summed E-state index contributed by atoms with van der Waals surface area (Å²) in [6.45, 7) is 4.62. The van der Waals surface area contributed by atoms with E-state index in [9.17, 15) is 0 Å². The van der Waals surface area contributed by atoms with Crippen molar-refractivity contribution in [1.82, 2.24) is 9.80 Å². The molecule has 0 radical (unpaired) electrons. The second kappa shape index (κ2) is 7.05. The molecule has 3 nitrogen and oxygen atoms in total. The minimum Gasteiger partial charge on any atom is -0.329 e. The van der Waals surface area contributed by atoms with Crippen LogP contribution in [0.4, 0.5) is 0 Å². The number of hydrogen-bond donors (Lipinski definition) is 1. The van der Waals surface area contributed by atoms with Crippen LogP contribution in [0.5, 0.6) is 0 Å². The summed E-state index contributed by atoms with van der Waals surface area (Å²) in [7, 11) is 4.57. The van der Waals surface area contributed by atoms with Gasteiger partial charge in [0.25, 0.3) is 0 Å². The number of rotatable bonds is 4. The van der Waals surface area contributed by atoms with Crippen LogP contribution in [0.25, 0.3) is 0 Å². The predicted octanol–water partition coefficient (Wildman–Crippen LogP) is 2.31. The molecule has 0 amide bonds. The molecule has 2 rings (SSSR count). The van der Waals surface area contributed by atoms with Crippen LogP contribution in [-0.4, -0.2) is 55.6 Å². The summed E-state index contributed by atoms with van der Waals surface area (Å²) in [6.07, 6.45) is 11.0. The molecule has 19 heavy (non-hydrogen) atoms. The van der Waals surface area contributed by atoms with Gasteiger partial charge in [-0.25, -0.2) is 0 Å². The lowest BCUT2D eigenvalue weighted by Crippen LogP contribution is -2.53. The Morgan fingerprint density at radius 1 is 1.16 bits per heavy atom. The molecule has 2 aliphatic rings. The van der Waals surface area contributed by atoms with E-state index in [1.807, 2.05) is 0 Å². The molecule has 1 saturated carbocycles. The topological polar surface area (TPSA) is 32.5 Å². The maximum absolute atomic E-state index is 6.21. The van der Waals surface area contributed by atoms with Gasteiger partial charge in [0, 0.05) is 25.2 Å². The number of likely N-dealkylation sites (tertiary alicyclic amines) is 1. The SMILES string of the molecule is CN1CCC(CN(C)C2(CN)CCCCCCC2)C1. The van der Waals surface area contributed by atoms with Gasteiger partial charge in [-0.3, -0.25) is 4.90 Å². The monoisotopic (exact) mass is 267 g/mol. The van der Waals surface area contributed by atoms with Crippen molar-refractivity contribution < 1.29 is 0 Å². The van der Waals surface area contributed by atoms with E-state index < -0.39 is 0 Å². The van der Waals surface area contributed by atoms with Crippen LogP contribution in [0.3, 0.4) is 0 Å². The van der Waals surface area contributed by atoms with E-state index in [0.717, 1.165) is 12.5 Å². The highest BCUT2D eigenvalue weighted by Gasteiger charge is 2.34. The summed E-state index contributed by atoms with van der Waals surface area (Å²) < 4.78 is 0. The molecule has 0 aromatic rings. The Labute approximate surface area is 119 Å². The van der Waals surface area contributed by atoms with Crippen molar-refractivity contribution in [1.29, 1.82) is 0 Å². The highest BCUT2D eigenvalue weighted by Crippen LogP contribution is 2.31. The first-order valence-corrected chi connectivity index (χ1v) is 8.26. The fourth-order valence-electron chi connectivity index (χ4n) is 4.06. The summed E-state index contributed by atoms with van der Waals surface area (Å²) in [6, 6.07) is 0. The van der Waals surface area contributed by atoms with Gasteiger partial charge in [-0.2, -0.15) is 0 Å². The molecule has 3 heteroatoms. The third-order valence-electron chi connectivity index (χ3n) is 5.49. The van der Waals surface area contributed by atoms with Gasteiger partial charge in [-0.15, -0.1) is 0 Å². The molecule has 1 saturated heterocycles. The van der Waals surface area contributed by atoms with Gasteiger partial charge < -0.3 is 10.6 Å². The van der Waals surface area contributed by atoms with E-state index in [4.69, 9.17) is 5.73 Å². The molecule has 0 aromatic carbocycles. The van der Waals surface area contributed by atoms with Crippen molar-refractivity contribution in [2.45, 2.75) is 56.9 Å². The van der Waals surface area contributed by atoms with Gasteiger partial charge in [0.2, 0.25) is 0 Å². The van der Waals surface area contributed by atoms with Gasteiger partial charge in [0.15, 0.2) is 0 Å². The zero-order chi connectivity index (χ0) is 13.7. The Kier molecular flexibility index (Phi) is 5.67. The molecule has 1 aliphatic carbocycles. The van der Waals surface area contributed by atoms with Crippen molar-refractivity contribution in [2.24, 2.45) is 11.7 Å². The molecular formula is C16H33N3. The average Bonchev–Trinajstić information content (AvgIpc) is 2.75. The molecule has 2 fully saturated rings. The van der Waals surface area contributed by atoms with Gasteiger partial charge in [-0.1, -0.05) is 32.1 Å². The van der Waals surface area contributed by atoms with E-state index in [1.54, 1.807) is 0 Å². The Morgan fingerprint density at radius 3 is 2.32 bits per heavy atom. The van der Waals surface area contributed by atoms with Crippen LogP contribution < -0.4 is 5.73 Å². The van der Waals surface area contributed by atoms with Crippen LogP contribution in [0.2, 0.25) is 0 Å². The lowest BCUT2D eigenvalue weighted by atomic mass is 9.82. The number of likely N-dealkylation sites (N-methyl/N-ethyl adjacent to an activating group) is 1. The molecule has 1 atom stereocenters. The van der Waals surface area contributed by atoms with Gasteiger partial charge >= 0.3 is 0 Å². The first kappa shape index (κ1) is 15.3. The van der Waals surface area contributed by atoms with Crippen LogP contribution in [0, 0.1) is 5.92 Å². The summed E-state index contributed by atoms with van der Waals surface area (Å²) in [5, 5.41) is 0. The molecule has 0 spiro atoms. The third kappa shape index (κ3) is 3.93. The summed E-state index contributed by atoms with van der Waals surface area (Å²) in [5.41, 5.74) is 6.50. The fourth-order valence-corrected chi connectivity index (χ4v) is 4.06. The summed E-state index contributed by atoms with van der Waals surface area (Å²) >= 11 is 0. The van der Waals surface area contributed by atoms with Crippen molar-refractivity contribution >= 4 is 0 Å². The minimum atomic E-state index is 0.293. The zero-order valence-corrected chi connectivity index (χ0v) is 13.0. The second-order valence-electron chi connectivity index (χ2n) is 6.99. The van der Waals surface area contributed by atoms with Crippen LogP contribution in [0.1, 0.15) is 51.4 Å². The predicted molar refractivity (Wildman–Crippen MR) is 82.3 cm³/mol. The third-order valence-corrected chi connectivity index (χ3v) is 5.49. The number of hydrogen-bond acceptors (Lipinski definition) is 3. The van der Waals surface area contributed by atoms with Crippen molar-refractivity contribution in [3.63, 3.8) is 0 Å². The van der Waals surface area contributed by atoms with E-state index >= 15 is 0 Å². The molecule has 0 bridgehead atoms. The molecule has 112 valence electrons. The second-order valence-corrected chi connectivity index (χ2v) is 6.99. The molecule has 1 aliphatic heterocycles. The van der Waals surface area contributed by atoms with E-state index in [-0.39, 0.29) is 0 Å². The molecule has 2 N–H and O–H groups in total. The van der Waals surface area contributed by atoms with Crippen molar-refractivity contribution in [2.75, 3.05) is 40.3 Å². The highest BCUT2D eigenvalue weighted by atomic mass is 15.2. The Hall–Kier alpha value is -0.120. The lowest BCUT2D eigenvalue weighted by Gasteiger charge is -2.43.